The highest BCUT2D eigenvalue weighted by atomic mass is 16.2. The van der Waals surface area contributed by atoms with Gasteiger partial charge in [-0.1, -0.05) is 0 Å². The lowest BCUT2D eigenvalue weighted by atomic mass is 10.2. The molecule has 0 aliphatic heterocycles. The predicted molar refractivity (Wildman–Crippen MR) is 72.5 cm³/mol. The second-order valence-corrected chi connectivity index (χ2v) is 3.89. The number of pyridine rings is 1. The summed E-state index contributed by atoms with van der Waals surface area (Å²) in [4.78, 5) is 37.0. The van der Waals surface area contributed by atoms with Crippen molar-refractivity contribution in [1.82, 2.24) is 10.3 Å². The van der Waals surface area contributed by atoms with Gasteiger partial charge in [0, 0.05) is 19.2 Å². The average Bonchev–Trinajstić information content (AvgIpc) is 2.38. The zero-order valence-corrected chi connectivity index (χ0v) is 10.8. The number of unbranched alkanes of at least 4 members (excludes halogenated alkanes) is 1. The Balaban J connectivity index is 2.39. The molecule has 1 heterocycles. The van der Waals surface area contributed by atoms with Crippen LogP contribution in [0.15, 0.2) is 18.3 Å². The summed E-state index contributed by atoms with van der Waals surface area (Å²) < 4.78 is 0. The van der Waals surface area contributed by atoms with E-state index in [9.17, 15) is 14.4 Å². The van der Waals surface area contributed by atoms with E-state index in [0.717, 1.165) is 0 Å². The van der Waals surface area contributed by atoms with Crippen molar-refractivity contribution < 1.29 is 14.4 Å². The Morgan fingerprint density at radius 1 is 1.30 bits per heavy atom. The summed E-state index contributed by atoms with van der Waals surface area (Å²) in [5.74, 6) is -0.944. The summed E-state index contributed by atoms with van der Waals surface area (Å²) in [6.07, 6.45) is 3.85. The summed E-state index contributed by atoms with van der Waals surface area (Å²) in [6, 6.07) is 2.42. The number of carbonyl (C=O) groups excluding carboxylic acids is 3. The molecule has 1 aromatic rings. The molecule has 0 aliphatic rings. The van der Waals surface area contributed by atoms with Crippen LogP contribution in [0.25, 0.3) is 0 Å². The smallest absolute Gasteiger partial charge is 0.312 e. The molecule has 0 unspecified atom stereocenters. The molecule has 8 nitrogen and oxygen atoms in total. The van der Waals surface area contributed by atoms with Crippen molar-refractivity contribution in [2.24, 2.45) is 11.5 Å². The van der Waals surface area contributed by atoms with Crippen LogP contribution in [0.2, 0.25) is 0 Å². The van der Waals surface area contributed by atoms with Gasteiger partial charge in [-0.25, -0.2) is 9.78 Å². The summed E-state index contributed by atoms with van der Waals surface area (Å²) in [6.45, 7) is 0.384. The first kappa shape index (κ1) is 15.4. The zero-order chi connectivity index (χ0) is 15.0. The number of nitrogens with zero attached hydrogens (tertiary/aromatic N) is 1. The van der Waals surface area contributed by atoms with E-state index in [1.807, 2.05) is 0 Å². The van der Waals surface area contributed by atoms with E-state index in [1.54, 1.807) is 6.07 Å². The molecule has 0 atom stereocenters. The minimum Gasteiger partial charge on any atom is -0.365 e. The highest BCUT2D eigenvalue weighted by Gasteiger charge is 2.11. The van der Waals surface area contributed by atoms with Gasteiger partial charge in [0.1, 0.15) is 5.82 Å². The molecule has 1 radical (unpaired) electrons. The maximum Gasteiger partial charge on any atom is 0.312 e. The molecule has 0 spiro atoms. The number of carbonyl (C=O) groups is 3. The molecule has 0 aliphatic carbocycles. The quantitative estimate of drug-likeness (QED) is 0.511. The zero-order valence-electron chi connectivity index (χ0n) is 10.8. The lowest BCUT2D eigenvalue weighted by Crippen LogP contribution is -2.30. The molecule has 0 saturated heterocycles. The number of nitrogens with two attached hydrogens (primary N) is 2. The summed E-state index contributed by atoms with van der Waals surface area (Å²) >= 11 is 0. The molecule has 107 valence electrons. The SMILES string of the molecule is NC(=O)NCCC[CH]C(=O)Nc1ncccc1C(N)=O. The first-order valence-corrected chi connectivity index (χ1v) is 5.93. The van der Waals surface area contributed by atoms with Crippen molar-refractivity contribution in [2.75, 3.05) is 11.9 Å². The second kappa shape index (κ2) is 7.72. The van der Waals surface area contributed by atoms with Gasteiger partial charge in [0.15, 0.2) is 0 Å². The number of primary amides is 2. The molecule has 0 bridgehead atoms. The fourth-order valence-electron chi connectivity index (χ4n) is 1.42. The summed E-state index contributed by atoms with van der Waals surface area (Å²) in [5, 5.41) is 4.88. The van der Waals surface area contributed by atoms with Crippen molar-refractivity contribution in [1.29, 1.82) is 0 Å². The molecular formula is C12H16N5O3. The summed E-state index contributed by atoms with van der Waals surface area (Å²) in [7, 11) is 0. The normalized spacial score (nSPS) is 9.80. The average molecular weight is 278 g/mol. The number of rotatable bonds is 7. The third-order valence-corrected chi connectivity index (χ3v) is 2.32. The molecule has 0 saturated carbocycles. The Morgan fingerprint density at radius 3 is 2.70 bits per heavy atom. The van der Waals surface area contributed by atoms with Crippen LogP contribution in [0.4, 0.5) is 10.6 Å². The van der Waals surface area contributed by atoms with Crippen LogP contribution in [0.1, 0.15) is 23.2 Å². The highest BCUT2D eigenvalue weighted by molar-refractivity contribution is 6.03. The van der Waals surface area contributed by atoms with E-state index >= 15 is 0 Å². The van der Waals surface area contributed by atoms with Crippen molar-refractivity contribution in [2.45, 2.75) is 12.8 Å². The lowest BCUT2D eigenvalue weighted by molar-refractivity contribution is -0.113. The Kier molecular flexibility index (Phi) is 5.95. The maximum atomic E-state index is 11.6. The van der Waals surface area contributed by atoms with Crippen LogP contribution in [0.5, 0.6) is 0 Å². The van der Waals surface area contributed by atoms with E-state index in [-0.39, 0.29) is 11.4 Å². The van der Waals surface area contributed by atoms with E-state index in [0.29, 0.717) is 19.4 Å². The number of hydrogen-bond acceptors (Lipinski definition) is 4. The molecule has 8 heteroatoms. The number of anilines is 1. The van der Waals surface area contributed by atoms with Crippen LogP contribution < -0.4 is 22.1 Å². The minimum absolute atomic E-state index is 0.122. The van der Waals surface area contributed by atoms with Crippen LogP contribution >= 0.6 is 0 Å². The number of aromatic nitrogens is 1. The standard InChI is InChI=1S/C12H16N5O3/c13-10(19)8-4-3-7-15-11(8)17-9(18)5-1-2-6-16-12(14)20/h3-5,7H,1-2,6H2,(H2,13,19)(H3,14,16,20)(H,15,17,18). The van der Waals surface area contributed by atoms with E-state index < -0.39 is 17.8 Å². The lowest BCUT2D eigenvalue weighted by Gasteiger charge is -2.07. The fourth-order valence-corrected chi connectivity index (χ4v) is 1.42. The third-order valence-electron chi connectivity index (χ3n) is 2.32. The van der Waals surface area contributed by atoms with Gasteiger partial charge >= 0.3 is 6.03 Å². The molecular weight excluding hydrogens is 262 g/mol. The van der Waals surface area contributed by atoms with Crippen LogP contribution in [0.3, 0.4) is 0 Å². The van der Waals surface area contributed by atoms with Gasteiger partial charge in [0.25, 0.3) is 5.91 Å². The first-order chi connectivity index (χ1) is 9.50. The molecule has 1 aromatic heterocycles. The van der Waals surface area contributed by atoms with Gasteiger partial charge in [-0.2, -0.15) is 0 Å². The van der Waals surface area contributed by atoms with Gasteiger partial charge in [-0.05, 0) is 25.0 Å². The summed E-state index contributed by atoms with van der Waals surface area (Å²) in [5.41, 5.74) is 10.2. The third kappa shape index (κ3) is 5.34. The molecule has 0 fully saturated rings. The predicted octanol–water partition coefficient (Wildman–Crippen LogP) is -0.228. The molecule has 4 amide bonds. The number of amides is 4. The Labute approximate surface area is 115 Å². The first-order valence-electron chi connectivity index (χ1n) is 5.93. The van der Waals surface area contributed by atoms with Crippen molar-refractivity contribution in [3.63, 3.8) is 0 Å². The number of hydrogen-bond donors (Lipinski definition) is 4. The molecule has 1 rings (SSSR count). The number of urea groups is 1. The van der Waals surface area contributed by atoms with Crippen LogP contribution in [-0.4, -0.2) is 29.4 Å². The monoisotopic (exact) mass is 278 g/mol. The number of nitrogens with one attached hydrogen (secondary N) is 2. The van der Waals surface area contributed by atoms with Crippen LogP contribution in [0, 0.1) is 6.42 Å². The Bertz CT molecular complexity index is 504. The van der Waals surface area contributed by atoms with Crippen molar-refractivity contribution >= 4 is 23.7 Å². The topological polar surface area (TPSA) is 140 Å². The minimum atomic E-state index is -0.668. The maximum absolute atomic E-state index is 11.6. The van der Waals surface area contributed by atoms with Gasteiger partial charge in [0.2, 0.25) is 5.91 Å². The molecule has 20 heavy (non-hydrogen) atoms. The Morgan fingerprint density at radius 2 is 2.05 bits per heavy atom. The van der Waals surface area contributed by atoms with Gasteiger partial charge in [0.05, 0.1) is 5.56 Å². The van der Waals surface area contributed by atoms with E-state index in [1.165, 1.54) is 18.7 Å². The van der Waals surface area contributed by atoms with Gasteiger partial charge < -0.3 is 22.1 Å². The highest BCUT2D eigenvalue weighted by Crippen LogP contribution is 2.11. The van der Waals surface area contributed by atoms with Gasteiger partial charge in [-0.15, -0.1) is 0 Å². The Hall–Kier alpha value is -2.64. The fraction of sp³-hybridized carbons (Fsp3) is 0.250. The van der Waals surface area contributed by atoms with Crippen molar-refractivity contribution in [3.05, 3.63) is 30.3 Å². The molecule has 0 aromatic carbocycles. The largest absolute Gasteiger partial charge is 0.365 e. The van der Waals surface area contributed by atoms with Crippen LogP contribution in [-0.2, 0) is 4.79 Å². The second-order valence-electron chi connectivity index (χ2n) is 3.89. The van der Waals surface area contributed by atoms with E-state index in [4.69, 9.17) is 11.5 Å². The van der Waals surface area contributed by atoms with E-state index in [2.05, 4.69) is 15.6 Å². The molecule has 6 N–H and O–H groups in total. The van der Waals surface area contributed by atoms with Crippen molar-refractivity contribution in [3.8, 4) is 0 Å². The van der Waals surface area contributed by atoms with Gasteiger partial charge in [-0.3, -0.25) is 9.59 Å².